The second-order valence-electron chi connectivity index (χ2n) is 6.72. The predicted octanol–water partition coefficient (Wildman–Crippen LogP) is 1.94. The Bertz CT molecular complexity index is 567. The highest BCUT2D eigenvalue weighted by atomic mass is 19.1. The van der Waals surface area contributed by atoms with Gasteiger partial charge in [-0.25, -0.2) is 8.78 Å². The second kappa shape index (κ2) is 6.43. The number of benzene rings is 1. The molecule has 0 amide bonds. The van der Waals surface area contributed by atoms with Gasteiger partial charge in [0.05, 0.1) is 31.0 Å². The lowest BCUT2D eigenvalue weighted by Gasteiger charge is -2.46. The van der Waals surface area contributed by atoms with E-state index < -0.39 is 29.2 Å². The van der Waals surface area contributed by atoms with Crippen LogP contribution in [-0.4, -0.2) is 37.6 Å². The average molecular weight is 327 g/mol. The van der Waals surface area contributed by atoms with Gasteiger partial charge >= 0.3 is 0 Å². The summed E-state index contributed by atoms with van der Waals surface area (Å²) in [7, 11) is 1.50. The van der Waals surface area contributed by atoms with Crippen LogP contribution in [0.15, 0.2) is 18.2 Å². The van der Waals surface area contributed by atoms with Crippen molar-refractivity contribution in [1.29, 1.82) is 0 Å². The number of nitrogens with two attached hydrogens (primary N) is 1. The van der Waals surface area contributed by atoms with Crippen molar-refractivity contribution in [3.8, 4) is 0 Å². The van der Waals surface area contributed by atoms with Gasteiger partial charge in [0.1, 0.15) is 11.6 Å². The standard InChI is InChI=1S/C17H23F2NO3/c1-22-8-15(21)13-7-16(10-2-3-10)23-9-17(13,20)12-5-4-11(18)6-14(12)19/h4-6,10,13,15-16,21H,2-3,7-9,20H2,1H3/t13-,15-,16+,17+/m0/s1. The van der Waals surface area contributed by atoms with Crippen LogP contribution >= 0.6 is 0 Å². The topological polar surface area (TPSA) is 64.7 Å². The molecule has 1 aromatic carbocycles. The van der Waals surface area contributed by atoms with Crippen LogP contribution in [0.25, 0.3) is 0 Å². The van der Waals surface area contributed by atoms with Crippen LogP contribution in [0.3, 0.4) is 0 Å². The highest BCUT2D eigenvalue weighted by molar-refractivity contribution is 5.29. The summed E-state index contributed by atoms with van der Waals surface area (Å²) in [6, 6.07) is 3.34. The molecule has 0 radical (unpaired) electrons. The third-order valence-electron chi connectivity index (χ3n) is 5.07. The molecule has 1 saturated carbocycles. The average Bonchev–Trinajstić information content (AvgIpc) is 3.32. The number of ether oxygens (including phenoxy) is 2. The third kappa shape index (κ3) is 3.26. The highest BCUT2D eigenvalue weighted by Gasteiger charge is 2.50. The van der Waals surface area contributed by atoms with Crippen molar-refractivity contribution in [1.82, 2.24) is 0 Å². The number of halogens is 2. The molecule has 3 N–H and O–H groups in total. The summed E-state index contributed by atoms with van der Waals surface area (Å²) in [6.07, 6.45) is 1.97. The summed E-state index contributed by atoms with van der Waals surface area (Å²) < 4.78 is 38.4. The normalized spacial score (nSPS) is 32.7. The lowest BCUT2D eigenvalue weighted by molar-refractivity contribution is -0.115. The smallest absolute Gasteiger partial charge is 0.131 e. The highest BCUT2D eigenvalue weighted by Crippen LogP contribution is 2.45. The molecule has 0 aromatic heterocycles. The van der Waals surface area contributed by atoms with E-state index in [2.05, 4.69) is 0 Å². The van der Waals surface area contributed by atoms with E-state index >= 15 is 0 Å². The van der Waals surface area contributed by atoms with E-state index in [1.165, 1.54) is 19.2 Å². The molecule has 128 valence electrons. The van der Waals surface area contributed by atoms with Crippen molar-refractivity contribution in [3.63, 3.8) is 0 Å². The van der Waals surface area contributed by atoms with E-state index in [-0.39, 0.29) is 24.9 Å². The van der Waals surface area contributed by atoms with Gasteiger partial charge in [0.25, 0.3) is 0 Å². The molecule has 0 bridgehead atoms. The Kier molecular flexibility index (Phi) is 4.69. The summed E-state index contributed by atoms with van der Waals surface area (Å²) in [4.78, 5) is 0. The monoisotopic (exact) mass is 327 g/mol. The molecule has 1 heterocycles. The largest absolute Gasteiger partial charge is 0.390 e. The Balaban J connectivity index is 1.92. The summed E-state index contributed by atoms with van der Waals surface area (Å²) in [5, 5.41) is 10.5. The van der Waals surface area contributed by atoms with Gasteiger partial charge in [0.2, 0.25) is 0 Å². The van der Waals surface area contributed by atoms with Crippen LogP contribution in [0.2, 0.25) is 0 Å². The van der Waals surface area contributed by atoms with Crippen LogP contribution < -0.4 is 5.73 Å². The Labute approximate surface area is 134 Å². The van der Waals surface area contributed by atoms with Crippen molar-refractivity contribution in [3.05, 3.63) is 35.4 Å². The zero-order valence-electron chi connectivity index (χ0n) is 13.2. The molecule has 1 saturated heterocycles. The minimum Gasteiger partial charge on any atom is -0.390 e. The fourth-order valence-corrected chi connectivity index (χ4v) is 3.61. The van der Waals surface area contributed by atoms with Crippen molar-refractivity contribution in [2.75, 3.05) is 20.3 Å². The Morgan fingerprint density at radius 1 is 1.43 bits per heavy atom. The minimum absolute atomic E-state index is 0.0340. The summed E-state index contributed by atoms with van der Waals surface area (Å²) in [5.74, 6) is -1.29. The van der Waals surface area contributed by atoms with Gasteiger partial charge in [-0.3, -0.25) is 0 Å². The Morgan fingerprint density at radius 2 is 2.17 bits per heavy atom. The van der Waals surface area contributed by atoms with Crippen LogP contribution in [0.1, 0.15) is 24.8 Å². The van der Waals surface area contributed by atoms with Crippen molar-refractivity contribution in [2.45, 2.75) is 37.0 Å². The number of hydrogen-bond acceptors (Lipinski definition) is 4. The van der Waals surface area contributed by atoms with Crippen LogP contribution in [0, 0.1) is 23.5 Å². The molecule has 1 aromatic rings. The maximum atomic E-state index is 14.3. The van der Waals surface area contributed by atoms with E-state index in [0.29, 0.717) is 12.3 Å². The number of methoxy groups -OCH3 is 1. The molecular weight excluding hydrogens is 304 g/mol. The first-order valence-electron chi connectivity index (χ1n) is 7.98. The van der Waals surface area contributed by atoms with Crippen molar-refractivity contribution >= 4 is 0 Å². The minimum atomic E-state index is -1.21. The van der Waals surface area contributed by atoms with E-state index in [0.717, 1.165) is 18.9 Å². The number of aliphatic hydroxyl groups excluding tert-OH is 1. The lowest BCUT2D eigenvalue weighted by Crippen LogP contribution is -2.58. The van der Waals surface area contributed by atoms with E-state index in [9.17, 15) is 13.9 Å². The SMILES string of the molecule is COC[C@H](O)[C@@H]1C[C@H](C2CC2)OC[C@@]1(N)c1ccc(F)cc1F. The zero-order chi connectivity index (χ0) is 16.6. The van der Waals surface area contributed by atoms with Gasteiger partial charge < -0.3 is 20.3 Å². The van der Waals surface area contributed by atoms with Crippen LogP contribution in [0.5, 0.6) is 0 Å². The zero-order valence-corrected chi connectivity index (χ0v) is 13.2. The summed E-state index contributed by atoms with van der Waals surface area (Å²) in [6.45, 7) is 0.214. The molecule has 0 spiro atoms. The summed E-state index contributed by atoms with van der Waals surface area (Å²) >= 11 is 0. The molecule has 2 fully saturated rings. The van der Waals surface area contributed by atoms with Gasteiger partial charge in [0.15, 0.2) is 0 Å². The molecule has 1 aliphatic carbocycles. The van der Waals surface area contributed by atoms with Gasteiger partial charge in [0, 0.05) is 24.7 Å². The van der Waals surface area contributed by atoms with Crippen LogP contribution in [0.4, 0.5) is 8.78 Å². The van der Waals surface area contributed by atoms with Gasteiger partial charge in [-0.15, -0.1) is 0 Å². The first kappa shape index (κ1) is 16.8. The van der Waals surface area contributed by atoms with Gasteiger partial charge in [-0.05, 0) is 31.2 Å². The molecule has 1 aliphatic heterocycles. The predicted molar refractivity (Wildman–Crippen MR) is 80.7 cm³/mol. The maximum absolute atomic E-state index is 14.3. The molecule has 6 heteroatoms. The van der Waals surface area contributed by atoms with Gasteiger partial charge in [-0.1, -0.05) is 6.07 Å². The second-order valence-corrected chi connectivity index (χ2v) is 6.72. The number of hydrogen-bond donors (Lipinski definition) is 2. The van der Waals surface area contributed by atoms with Crippen LogP contribution in [-0.2, 0) is 15.0 Å². The third-order valence-corrected chi connectivity index (χ3v) is 5.07. The fourth-order valence-electron chi connectivity index (χ4n) is 3.61. The molecular formula is C17H23F2NO3. The van der Waals surface area contributed by atoms with E-state index in [1.807, 2.05) is 0 Å². The Morgan fingerprint density at radius 3 is 2.78 bits per heavy atom. The van der Waals surface area contributed by atoms with Gasteiger partial charge in [-0.2, -0.15) is 0 Å². The molecule has 4 atom stereocenters. The number of rotatable bonds is 5. The quantitative estimate of drug-likeness (QED) is 0.867. The first-order chi connectivity index (χ1) is 11.0. The molecule has 4 nitrogen and oxygen atoms in total. The maximum Gasteiger partial charge on any atom is 0.131 e. The summed E-state index contributed by atoms with van der Waals surface area (Å²) in [5.41, 5.74) is 5.45. The molecule has 23 heavy (non-hydrogen) atoms. The fraction of sp³-hybridized carbons (Fsp3) is 0.647. The lowest BCUT2D eigenvalue weighted by atomic mass is 9.71. The molecule has 0 unspecified atom stereocenters. The van der Waals surface area contributed by atoms with Crippen molar-refractivity contribution in [2.24, 2.45) is 17.6 Å². The van der Waals surface area contributed by atoms with E-state index in [4.69, 9.17) is 15.2 Å². The Hall–Kier alpha value is -1.08. The molecule has 2 aliphatic rings. The number of aliphatic hydroxyl groups is 1. The van der Waals surface area contributed by atoms with E-state index in [1.54, 1.807) is 0 Å². The van der Waals surface area contributed by atoms with Crippen molar-refractivity contribution < 1.29 is 23.4 Å². The molecule has 3 rings (SSSR count). The first-order valence-corrected chi connectivity index (χ1v) is 7.98.